The normalized spacial score (nSPS) is 11.5. The summed E-state index contributed by atoms with van der Waals surface area (Å²) in [5.74, 6) is -0.0302. The van der Waals surface area contributed by atoms with E-state index in [-0.39, 0.29) is 16.8 Å². The van der Waals surface area contributed by atoms with Gasteiger partial charge in [0.25, 0.3) is 0 Å². The minimum atomic E-state index is -0.557. The molecule has 0 bridgehead atoms. The number of aromatic nitrogens is 3. The molecule has 3 rings (SSSR count). The second-order valence-corrected chi connectivity index (χ2v) is 6.48. The highest BCUT2D eigenvalue weighted by Gasteiger charge is 2.13. The lowest BCUT2D eigenvalue weighted by Gasteiger charge is -2.06. The summed E-state index contributed by atoms with van der Waals surface area (Å²) in [7, 11) is 0. The van der Waals surface area contributed by atoms with E-state index < -0.39 is 5.82 Å². The molecule has 3 aromatic rings. The molecule has 0 aliphatic heterocycles. The molecule has 5 N–H and O–H groups in total. The number of H-pyrrole nitrogens is 1. The molecule has 2 heterocycles. The van der Waals surface area contributed by atoms with Crippen molar-refractivity contribution in [2.45, 2.75) is 13.3 Å². The predicted molar refractivity (Wildman–Crippen MR) is 108 cm³/mol. The number of carbonyl (C=O) groups excluding carboxylic acids is 1. The SMILES string of the molecule is CC(=O)NCCCNc1nc2nccc(C(=Nc3ccc(F)c(Cl)c3)NO)c2[nH]1. The molecule has 0 saturated heterocycles. The molecule has 11 heteroatoms. The molecule has 0 aliphatic rings. The Morgan fingerprint density at radius 1 is 1.34 bits per heavy atom. The number of aromatic amines is 1. The molecular formula is C18H19ClFN7O2. The van der Waals surface area contributed by atoms with Crippen LogP contribution in [0.5, 0.6) is 0 Å². The third kappa shape index (κ3) is 5.18. The summed E-state index contributed by atoms with van der Waals surface area (Å²) >= 11 is 5.79. The number of pyridine rings is 1. The molecule has 0 radical (unpaired) electrons. The topological polar surface area (TPSA) is 127 Å². The van der Waals surface area contributed by atoms with Crippen LogP contribution >= 0.6 is 11.6 Å². The molecule has 0 spiro atoms. The van der Waals surface area contributed by atoms with Crippen molar-refractivity contribution in [3.05, 3.63) is 46.9 Å². The van der Waals surface area contributed by atoms with E-state index in [2.05, 4.69) is 30.6 Å². The second kappa shape index (κ2) is 9.30. The molecule has 0 saturated carbocycles. The Morgan fingerprint density at radius 2 is 2.17 bits per heavy atom. The molecular weight excluding hydrogens is 401 g/mol. The summed E-state index contributed by atoms with van der Waals surface area (Å²) in [6, 6.07) is 5.62. The number of rotatable bonds is 7. The summed E-state index contributed by atoms with van der Waals surface area (Å²) in [5, 5.41) is 15.3. The Balaban J connectivity index is 1.82. The highest BCUT2D eigenvalue weighted by atomic mass is 35.5. The zero-order valence-electron chi connectivity index (χ0n) is 15.5. The van der Waals surface area contributed by atoms with Crippen molar-refractivity contribution in [2.75, 3.05) is 18.4 Å². The van der Waals surface area contributed by atoms with Crippen LogP contribution in [-0.2, 0) is 4.79 Å². The van der Waals surface area contributed by atoms with Crippen molar-refractivity contribution in [2.24, 2.45) is 4.99 Å². The fourth-order valence-electron chi connectivity index (χ4n) is 2.58. The van der Waals surface area contributed by atoms with E-state index in [0.29, 0.717) is 47.9 Å². The van der Waals surface area contributed by atoms with Gasteiger partial charge in [0.05, 0.1) is 16.2 Å². The van der Waals surface area contributed by atoms with Gasteiger partial charge in [-0.05, 0) is 30.7 Å². The number of imidazole rings is 1. The van der Waals surface area contributed by atoms with Gasteiger partial charge in [-0.15, -0.1) is 0 Å². The quantitative estimate of drug-likeness (QED) is 0.173. The zero-order chi connectivity index (χ0) is 20.8. The van der Waals surface area contributed by atoms with Gasteiger partial charge < -0.3 is 15.6 Å². The first-order valence-electron chi connectivity index (χ1n) is 8.75. The number of benzene rings is 1. The maximum Gasteiger partial charge on any atom is 0.216 e. The zero-order valence-corrected chi connectivity index (χ0v) is 16.2. The standard InChI is InChI=1S/C18H19ClFN7O2/c1-10(28)21-6-2-7-23-18-25-15-12(5-8-22-17(15)26-18)16(27-29)24-11-3-4-14(20)13(19)9-11/h3-5,8-9,29H,2,6-7H2,1H3,(H,21,28)(H,24,27)(H2,22,23,25,26). The van der Waals surface area contributed by atoms with Crippen LogP contribution in [0.1, 0.15) is 18.9 Å². The molecule has 2 aromatic heterocycles. The van der Waals surface area contributed by atoms with E-state index in [1.54, 1.807) is 6.07 Å². The van der Waals surface area contributed by atoms with E-state index >= 15 is 0 Å². The monoisotopic (exact) mass is 419 g/mol. The second-order valence-electron chi connectivity index (χ2n) is 6.08. The number of nitrogens with zero attached hydrogens (tertiary/aromatic N) is 3. The fraction of sp³-hybridized carbons (Fsp3) is 0.222. The van der Waals surface area contributed by atoms with Crippen LogP contribution in [0.4, 0.5) is 16.0 Å². The smallest absolute Gasteiger partial charge is 0.216 e. The summed E-state index contributed by atoms with van der Waals surface area (Å²) < 4.78 is 13.3. The van der Waals surface area contributed by atoms with E-state index in [1.165, 1.54) is 31.3 Å². The summed E-state index contributed by atoms with van der Waals surface area (Å²) in [5.41, 5.74) is 3.89. The molecule has 1 amide bonds. The van der Waals surface area contributed by atoms with Gasteiger partial charge >= 0.3 is 0 Å². The van der Waals surface area contributed by atoms with Crippen LogP contribution < -0.4 is 16.1 Å². The van der Waals surface area contributed by atoms with E-state index in [1.807, 2.05) is 5.48 Å². The predicted octanol–water partition coefficient (Wildman–Crippen LogP) is 2.75. The molecule has 0 unspecified atom stereocenters. The van der Waals surface area contributed by atoms with Crippen LogP contribution in [-0.4, -0.2) is 45.0 Å². The molecule has 9 nitrogen and oxygen atoms in total. The number of hydrogen-bond acceptors (Lipinski definition) is 6. The fourth-order valence-corrected chi connectivity index (χ4v) is 2.76. The number of aliphatic imine (C=N–C) groups is 1. The maximum absolute atomic E-state index is 13.3. The Labute approximate surface area is 170 Å². The highest BCUT2D eigenvalue weighted by molar-refractivity contribution is 6.31. The van der Waals surface area contributed by atoms with E-state index in [4.69, 9.17) is 11.6 Å². The van der Waals surface area contributed by atoms with Crippen LogP contribution in [0.25, 0.3) is 11.2 Å². The molecule has 0 atom stereocenters. The van der Waals surface area contributed by atoms with Gasteiger partial charge in [-0.1, -0.05) is 11.6 Å². The number of halogens is 2. The third-order valence-corrected chi connectivity index (χ3v) is 4.21. The molecule has 0 aliphatic carbocycles. The number of hydroxylamine groups is 1. The van der Waals surface area contributed by atoms with Crippen molar-refractivity contribution in [3.8, 4) is 0 Å². The molecule has 0 fully saturated rings. The lowest BCUT2D eigenvalue weighted by Crippen LogP contribution is -2.22. The van der Waals surface area contributed by atoms with Gasteiger partial charge in [-0.25, -0.2) is 14.4 Å². The van der Waals surface area contributed by atoms with Crippen LogP contribution in [0, 0.1) is 5.82 Å². The summed E-state index contributed by atoms with van der Waals surface area (Å²) in [6.07, 6.45) is 2.25. The number of fused-ring (bicyclic) bond motifs is 1. The van der Waals surface area contributed by atoms with Crippen LogP contribution in [0.15, 0.2) is 35.5 Å². The first-order valence-corrected chi connectivity index (χ1v) is 9.13. The molecule has 1 aromatic carbocycles. The van der Waals surface area contributed by atoms with Crippen molar-refractivity contribution < 1.29 is 14.4 Å². The first kappa shape index (κ1) is 20.5. The Bertz CT molecular complexity index is 1050. The van der Waals surface area contributed by atoms with Crippen molar-refractivity contribution in [1.29, 1.82) is 0 Å². The maximum atomic E-state index is 13.3. The number of amides is 1. The Hall–Kier alpha value is -3.24. The van der Waals surface area contributed by atoms with Crippen molar-refractivity contribution in [3.63, 3.8) is 0 Å². The highest BCUT2D eigenvalue weighted by Crippen LogP contribution is 2.23. The van der Waals surface area contributed by atoms with Crippen LogP contribution in [0.2, 0.25) is 5.02 Å². The van der Waals surface area contributed by atoms with E-state index in [9.17, 15) is 14.4 Å². The summed E-state index contributed by atoms with van der Waals surface area (Å²) in [6.45, 7) is 2.61. The van der Waals surface area contributed by atoms with Crippen LogP contribution in [0.3, 0.4) is 0 Å². The molecule has 152 valence electrons. The van der Waals surface area contributed by atoms with Gasteiger partial charge in [0.15, 0.2) is 11.5 Å². The minimum Gasteiger partial charge on any atom is -0.356 e. The largest absolute Gasteiger partial charge is 0.356 e. The van der Waals surface area contributed by atoms with Crippen molar-refractivity contribution in [1.82, 2.24) is 25.7 Å². The number of carbonyl (C=O) groups is 1. The van der Waals surface area contributed by atoms with Gasteiger partial charge in [-0.2, -0.15) is 4.98 Å². The number of anilines is 1. The minimum absolute atomic E-state index is 0.0734. The summed E-state index contributed by atoms with van der Waals surface area (Å²) in [4.78, 5) is 26.8. The number of hydrogen-bond donors (Lipinski definition) is 5. The molecule has 29 heavy (non-hydrogen) atoms. The lowest BCUT2D eigenvalue weighted by molar-refractivity contribution is -0.118. The van der Waals surface area contributed by atoms with Gasteiger partial charge in [-0.3, -0.25) is 15.5 Å². The van der Waals surface area contributed by atoms with Gasteiger partial charge in [0, 0.05) is 31.8 Å². The van der Waals surface area contributed by atoms with Crippen molar-refractivity contribution >= 4 is 46.1 Å². The first-order chi connectivity index (χ1) is 14.0. The third-order valence-electron chi connectivity index (χ3n) is 3.92. The number of nitrogens with one attached hydrogen (secondary N) is 4. The lowest BCUT2D eigenvalue weighted by atomic mass is 10.2. The Kier molecular flexibility index (Phi) is 6.57. The number of amidine groups is 1. The Morgan fingerprint density at radius 3 is 2.90 bits per heavy atom. The van der Waals surface area contributed by atoms with E-state index in [0.717, 1.165) is 0 Å². The van der Waals surface area contributed by atoms with Gasteiger partial charge in [0.2, 0.25) is 11.9 Å². The average Bonchev–Trinajstić information content (AvgIpc) is 3.11. The average molecular weight is 420 g/mol. The van der Waals surface area contributed by atoms with Gasteiger partial charge in [0.1, 0.15) is 5.82 Å².